The van der Waals surface area contributed by atoms with Crippen LogP contribution >= 0.6 is 0 Å². The van der Waals surface area contributed by atoms with Crippen molar-refractivity contribution in [2.45, 2.75) is 58.3 Å². The van der Waals surface area contributed by atoms with Gasteiger partial charge in [-0.3, -0.25) is 4.79 Å². The Kier molecular flexibility index (Phi) is 12.5. The molecule has 88 valence electrons. The van der Waals surface area contributed by atoms with Gasteiger partial charge < -0.3 is 4.74 Å². The van der Waals surface area contributed by atoms with E-state index in [9.17, 15) is 4.79 Å². The molecule has 0 fully saturated rings. The first-order valence-electron chi connectivity index (χ1n) is 6.12. The summed E-state index contributed by atoms with van der Waals surface area (Å²) < 4.78 is 4.61. The summed E-state index contributed by atoms with van der Waals surface area (Å²) in [7, 11) is 0. The lowest BCUT2D eigenvalue weighted by molar-refractivity contribution is -0.128. The van der Waals surface area contributed by atoms with Gasteiger partial charge in [0.1, 0.15) is 0 Å². The molecule has 0 aliphatic heterocycles. The smallest absolute Gasteiger partial charge is 0.293 e. The molecule has 0 aromatic carbocycles. The minimum Gasteiger partial charge on any atom is -0.468 e. The minimum atomic E-state index is 0.524. The molecule has 0 atom stereocenters. The first kappa shape index (κ1) is 14.2. The average Bonchev–Trinajstić information content (AvgIpc) is 2.26. The van der Waals surface area contributed by atoms with Gasteiger partial charge >= 0.3 is 0 Å². The van der Waals surface area contributed by atoms with Crippen LogP contribution in [-0.4, -0.2) is 13.1 Å². The molecule has 15 heavy (non-hydrogen) atoms. The van der Waals surface area contributed by atoms with E-state index in [1.54, 1.807) is 0 Å². The summed E-state index contributed by atoms with van der Waals surface area (Å²) in [4.78, 5) is 9.83. The van der Waals surface area contributed by atoms with E-state index in [0.717, 1.165) is 12.8 Å². The Morgan fingerprint density at radius 2 is 1.60 bits per heavy atom. The Morgan fingerprint density at radius 1 is 0.933 bits per heavy atom. The zero-order chi connectivity index (χ0) is 11.2. The van der Waals surface area contributed by atoms with Gasteiger partial charge in [-0.1, -0.05) is 44.8 Å². The highest BCUT2D eigenvalue weighted by molar-refractivity contribution is 5.36. The minimum absolute atomic E-state index is 0.524. The SMILES string of the molecule is CCCCC=CCCCCCCOC=O. The average molecular weight is 212 g/mol. The van der Waals surface area contributed by atoms with Crippen LogP contribution in [-0.2, 0) is 9.53 Å². The number of hydrogen-bond donors (Lipinski definition) is 0. The molecule has 0 spiro atoms. The monoisotopic (exact) mass is 212 g/mol. The zero-order valence-electron chi connectivity index (χ0n) is 9.91. The number of ether oxygens (including phenoxy) is 1. The van der Waals surface area contributed by atoms with E-state index in [-0.39, 0.29) is 0 Å². The highest BCUT2D eigenvalue weighted by Gasteiger charge is 1.89. The first-order chi connectivity index (χ1) is 7.41. The summed E-state index contributed by atoms with van der Waals surface area (Å²) >= 11 is 0. The van der Waals surface area contributed by atoms with Crippen LogP contribution < -0.4 is 0 Å². The van der Waals surface area contributed by atoms with E-state index in [1.165, 1.54) is 38.5 Å². The van der Waals surface area contributed by atoms with Crippen molar-refractivity contribution in [2.24, 2.45) is 0 Å². The van der Waals surface area contributed by atoms with Crippen molar-refractivity contribution in [3.63, 3.8) is 0 Å². The highest BCUT2D eigenvalue weighted by atomic mass is 16.5. The van der Waals surface area contributed by atoms with E-state index >= 15 is 0 Å². The largest absolute Gasteiger partial charge is 0.468 e. The van der Waals surface area contributed by atoms with E-state index in [4.69, 9.17) is 0 Å². The standard InChI is InChI=1S/C13H24O2/c1-2-3-4-5-6-7-8-9-10-11-12-15-13-14/h5-6,13H,2-4,7-12H2,1H3. The molecule has 0 amide bonds. The third kappa shape index (κ3) is 13.2. The Morgan fingerprint density at radius 3 is 2.27 bits per heavy atom. The topological polar surface area (TPSA) is 26.3 Å². The molecule has 0 radical (unpaired) electrons. The number of rotatable bonds is 11. The van der Waals surface area contributed by atoms with Gasteiger partial charge in [0.15, 0.2) is 0 Å². The Balaban J connectivity index is 2.97. The molecule has 0 unspecified atom stereocenters. The third-order valence-electron chi connectivity index (χ3n) is 2.34. The van der Waals surface area contributed by atoms with Crippen molar-refractivity contribution in [3.8, 4) is 0 Å². The summed E-state index contributed by atoms with van der Waals surface area (Å²) in [6.45, 7) is 3.32. The van der Waals surface area contributed by atoms with Crippen LogP contribution in [0.3, 0.4) is 0 Å². The Bertz CT molecular complexity index is 153. The number of carbonyl (C=O) groups is 1. The van der Waals surface area contributed by atoms with Gasteiger partial charge in [0.2, 0.25) is 0 Å². The molecule has 2 heteroatoms. The van der Waals surface area contributed by atoms with Crippen molar-refractivity contribution < 1.29 is 9.53 Å². The number of allylic oxidation sites excluding steroid dienone is 2. The summed E-state index contributed by atoms with van der Waals surface area (Å²) in [5.41, 5.74) is 0. The third-order valence-corrected chi connectivity index (χ3v) is 2.34. The molecule has 0 aliphatic rings. The second-order valence-corrected chi connectivity index (χ2v) is 3.78. The fraction of sp³-hybridized carbons (Fsp3) is 0.769. The normalized spacial score (nSPS) is 10.7. The van der Waals surface area contributed by atoms with E-state index in [2.05, 4.69) is 23.8 Å². The highest BCUT2D eigenvalue weighted by Crippen LogP contribution is 2.04. The van der Waals surface area contributed by atoms with Crippen LogP contribution in [0.4, 0.5) is 0 Å². The molecule has 0 aromatic rings. The first-order valence-corrected chi connectivity index (χ1v) is 6.12. The van der Waals surface area contributed by atoms with Gasteiger partial charge in [-0.15, -0.1) is 0 Å². The summed E-state index contributed by atoms with van der Waals surface area (Å²) in [5.74, 6) is 0. The maximum Gasteiger partial charge on any atom is 0.293 e. The molecule has 0 N–H and O–H groups in total. The van der Waals surface area contributed by atoms with Crippen molar-refractivity contribution in [1.82, 2.24) is 0 Å². The van der Waals surface area contributed by atoms with Crippen molar-refractivity contribution >= 4 is 6.47 Å². The van der Waals surface area contributed by atoms with Crippen LogP contribution in [0.2, 0.25) is 0 Å². The van der Waals surface area contributed by atoms with Gasteiger partial charge in [0, 0.05) is 0 Å². The second kappa shape index (κ2) is 13.2. The summed E-state index contributed by atoms with van der Waals surface area (Å²) in [6, 6.07) is 0. The van der Waals surface area contributed by atoms with E-state index in [0.29, 0.717) is 13.1 Å². The molecule has 0 aromatic heterocycles. The molecule has 0 heterocycles. The summed E-state index contributed by atoms with van der Waals surface area (Å²) in [5, 5.41) is 0. The molecule has 0 aliphatic carbocycles. The lowest BCUT2D eigenvalue weighted by atomic mass is 10.1. The maximum atomic E-state index is 9.83. The molecule has 0 saturated heterocycles. The second-order valence-electron chi connectivity index (χ2n) is 3.78. The van der Waals surface area contributed by atoms with Crippen LogP contribution in [0.1, 0.15) is 58.3 Å². The van der Waals surface area contributed by atoms with Crippen molar-refractivity contribution in [2.75, 3.05) is 6.61 Å². The fourth-order valence-corrected chi connectivity index (χ4v) is 1.41. The van der Waals surface area contributed by atoms with Crippen LogP contribution in [0.15, 0.2) is 12.2 Å². The lowest BCUT2D eigenvalue weighted by Crippen LogP contribution is -1.90. The van der Waals surface area contributed by atoms with Crippen LogP contribution in [0, 0.1) is 0 Å². The number of hydrogen-bond acceptors (Lipinski definition) is 2. The zero-order valence-corrected chi connectivity index (χ0v) is 9.91. The molecule has 0 bridgehead atoms. The van der Waals surface area contributed by atoms with E-state index < -0.39 is 0 Å². The quantitative estimate of drug-likeness (QED) is 0.295. The van der Waals surface area contributed by atoms with Crippen molar-refractivity contribution in [3.05, 3.63) is 12.2 Å². The van der Waals surface area contributed by atoms with Crippen molar-refractivity contribution in [1.29, 1.82) is 0 Å². The van der Waals surface area contributed by atoms with Gasteiger partial charge in [-0.05, 0) is 25.7 Å². The molecule has 0 rings (SSSR count). The predicted molar refractivity (Wildman–Crippen MR) is 63.8 cm³/mol. The van der Waals surface area contributed by atoms with Gasteiger partial charge in [0.05, 0.1) is 6.61 Å². The Labute approximate surface area is 93.7 Å². The molecule has 0 saturated carbocycles. The van der Waals surface area contributed by atoms with Gasteiger partial charge in [-0.25, -0.2) is 0 Å². The molecular weight excluding hydrogens is 188 g/mol. The van der Waals surface area contributed by atoms with Gasteiger partial charge in [0.25, 0.3) is 6.47 Å². The lowest BCUT2D eigenvalue weighted by Gasteiger charge is -1.98. The van der Waals surface area contributed by atoms with Crippen LogP contribution in [0.25, 0.3) is 0 Å². The van der Waals surface area contributed by atoms with Crippen LogP contribution in [0.5, 0.6) is 0 Å². The summed E-state index contributed by atoms with van der Waals surface area (Å²) in [6.07, 6.45) is 14.2. The fourth-order valence-electron chi connectivity index (χ4n) is 1.41. The maximum absolute atomic E-state index is 9.83. The molecule has 2 nitrogen and oxygen atoms in total. The van der Waals surface area contributed by atoms with Gasteiger partial charge in [-0.2, -0.15) is 0 Å². The number of carbonyl (C=O) groups excluding carboxylic acids is 1. The predicted octanol–water partition coefficient (Wildman–Crippen LogP) is 3.86. The van der Waals surface area contributed by atoms with E-state index in [1.807, 2.05) is 0 Å². The number of unbranched alkanes of at least 4 members (excludes halogenated alkanes) is 6. The Hall–Kier alpha value is -0.790. The molecular formula is C13H24O2.